The summed E-state index contributed by atoms with van der Waals surface area (Å²) in [4.78, 5) is 3.83. The van der Waals surface area contributed by atoms with Crippen molar-refractivity contribution in [2.45, 2.75) is 24.9 Å². The van der Waals surface area contributed by atoms with Gasteiger partial charge in [-0.1, -0.05) is 22.0 Å². The van der Waals surface area contributed by atoms with Crippen LogP contribution < -0.4 is 4.90 Å². The Bertz CT molecular complexity index is 447. The maximum atomic E-state index is 13.3. The van der Waals surface area contributed by atoms with Crippen molar-refractivity contribution in [2.75, 3.05) is 38.6 Å². The van der Waals surface area contributed by atoms with E-state index in [-0.39, 0.29) is 5.69 Å². The van der Waals surface area contributed by atoms with Gasteiger partial charge in [0.25, 0.3) is 0 Å². The Morgan fingerprint density at radius 1 is 1.14 bits per heavy atom. The molecule has 0 saturated carbocycles. The fraction of sp³-hybridized carbons (Fsp3) is 0.600. The van der Waals surface area contributed by atoms with E-state index in [1.807, 2.05) is 25.9 Å². The molecule has 21 heavy (non-hydrogen) atoms. The minimum Gasteiger partial charge on any atom is -0.371 e. The van der Waals surface area contributed by atoms with Gasteiger partial charge in [0, 0.05) is 24.1 Å². The van der Waals surface area contributed by atoms with Gasteiger partial charge in [-0.2, -0.15) is 13.2 Å². The van der Waals surface area contributed by atoms with E-state index in [9.17, 15) is 13.2 Å². The van der Waals surface area contributed by atoms with Crippen molar-refractivity contribution in [2.24, 2.45) is 0 Å². The van der Waals surface area contributed by atoms with Crippen molar-refractivity contribution in [1.29, 1.82) is 0 Å². The van der Waals surface area contributed by atoms with Crippen molar-refractivity contribution < 1.29 is 13.2 Å². The van der Waals surface area contributed by atoms with Crippen LogP contribution in [0.3, 0.4) is 0 Å². The van der Waals surface area contributed by atoms with Crippen LogP contribution in [0.25, 0.3) is 0 Å². The minimum absolute atomic E-state index is 0.272. The molecule has 1 rings (SSSR count). The second kappa shape index (κ2) is 8.03. The van der Waals surface area contributed by atoms with Crippen LogP contribution in [0.5, 0.6) is 0 Å². The SMILES string of the molecule is CCN(CCCN(C)C)c1ccc(CBr)cc1C(F)(F)F. The average Bonchev–Trinajstić information content (AvgIpc) is 2.42. The lowest BCUT2D eigenvalue weighted by molar-refractivity contribution is -0.137. The van der Waals surface area contributed by atoms with Crippen LogP contribution in [-0.2, 0) is 11.5 Å². The zero-order valence-corrected chi connectivity index (χ0v) is 14.3. The van der Waals surface area contributed by atoms with Crippen molar-refractivity contribution in [1.82, 2.24) is 4.90 Å². The van der Waals surface area contributed by atoms with E-state index in [4.69, 9.17) is 0 Å². The van der Waals surface area contributed by atoms with Crippen LogP contribution in [-0.4, -0.2) is 38.6 Å². The summed E-state index contributed by atoms with van der Waals surface area (Å²) in [7, 11) is 3.92. The first-order valence-corrected chi connectivity index (χ1v) is 8.07. The Kier molecular flexibility index (Phi) is 7.00. The molecule has 0 aliphatic heterocycles. The van der Waals surface area contributed by atoms with E-state index < -0.39 is 11.7 Å². The van der Waals surface area contributed by atoms with E-state index in [2.05, 4.69) is 15.9 Å². The Morgan fingerprint density at radius 2 is 1.81 bits per heavy atom. The topological polar surface area (TPSA) is 6.48 Å². The molecule has 2 nitrogen and oxygen atoms in total. The largest absolute Gasteiger partial charge is 0.418 e. The molecule has 0 amide bonds. The van der Waals surface area contributed by atoms with Gasteiger partial charge >= 0.3 is 6.18 Å². The Balaban J connectivity index is 3.02. The monoisotopic (exact) mass is 366 g/mol. The van der Waals surface area contributed by atoms with E-state index in [1.165, 1.54) is 6.07 Å². The molecular formula is C15H22BrF3N2. The lowest BCUT2D eigenvalue weighted by Crippen LogP contribution is -2.29. The third kappa shape index (κ3) is 5.51. The first-order chi connectivity index (χ1) is 9.79. The number of halogens is 4. The molecule has 1 aromatic rings. The molecule has 0 bridgehead atoms. The van der Waals surface area contributed by atoms with Gasteiger partial charge in [0.2, 0.25) is 0 Å². The van der Waals surface area contributed by atoms with Crippen molar-refractivity contribution in [3.05, 3.63) is 29.3 Å². The van der Waals surface area contributed by atoms with Gasteiger partial charge in [0.15, 0.2) is 0 Å². The lowest BCUT2D eigenvalue weighted by atomic mass is 10.1. The fourth-order valence-electron chi connectivity index (χ4n) is 2.20. The molecule has 0 saturated heterocycles. The van der Waals surface area contributed by atoms with Crippen LogP contribution in [0.15, 0.2) is 18.2 Å². The van der Waals surface area contributed by atoms with Crippen LogP contribution >= 0.6 is 15.9 Å². The molecule has 0 atom stereocenters. The third-order valence-electron chi connectivity index (χ3n) is 3.28. The maximum absolute atomic E-state index is 13.3. The van der Waals surface area contributed by atoms with Crippen LogP contribution in [0.2, 0.25) is 0 Å². The zero-order chi connectivity index (χ0) is 16.0. The number of rotatable bonds is 7. The van der Waals surface area contributed by atoms with E-state index in [1.54, 1.807) is 17.0 Å². The smallest absolute Gasteiger partial charge is 0.371 e. The van der Waals surface area contributed by atoms with E-state index >= 15 is 0 Å². The third-order valence-corrected chi connectivity index (χ3v) is 3.92. The molecule has 0 fully saturated rings. The summed E-state index contributed by atoms with van der Waals surface area (Å²) in [5.74, 6) is 0. The van der Waals surface area contributed by atoms with Crippen LogP contribution in [0.1, 0.15) is 24.5 Å². The average molecular weight is 367 g/mol. The van der Waals surface area contributed by atoms with Crippen molar-refractivity contribution >= 4 is 21.6 Å². The highest BCUT2D eigenvalue weighted by Gasteiger charge is 2.34. The second-order valence-corrected chi connectivity index (χ2v) is 5.78. The van der Waals surface area contributed by atoms with E-state index in [0.717, 1.165) is 13.0 Å². The second-order valence-electron chi connectivity index (χ2n) is 5.22. The molecule has 0 aliphatic rings. The van der Waals surface area contributed by atoms with Crippen LogP contribution in [0.4, 0.5) is 18.9 Å². The number of hydrogen-bond donors (Lipinski definition) is 0. The Morgan fingerprint density at radius 3 is 2.29 bits per heavy atom. The zero-order valence-electron chi connectivity index (χ0n) is 12.7. The molecule has 120 valence electrons. The van der Waals surface area contributed by atoms with Gasteiger partial charge in [0.05, 0.1) is 5.56 Å². The Hall–Kier alpha value is -0.750. The molecule has 0 aromatic heterocycles. The van der Waals surface area contributed by atoms with Gasteiger partial charge < -0.3 is 9.80 Å². The first kappa shape index (κ1) is 18.3. The number of alkyl halides is 4. The highest BCUT2D eigenvalue weighted by molar-refractivity contribution is 9.08. The molecule has 0 heterocycles. The number of benzene rings is 1. The van der Waals surface area contributed by atoms with Gasteiger partial charge in [-0.3, -0.25) is 0 Å². The molecule has 0 radical (unpaired) electrons. The van der Waals surface area contributed by atoms with Gasteiger partial charge in [-0.15, -0.1) is 0 Å². The summed E-state index contributed by atoms with van der Waals surface area (Å²) in [6.45, 7) is 3.92. The number of anilines is 1. The van der Waals surface area contributed by atoms with Gasteiger partial charge in [-0.25, -0.2) is 0 Å². The fourth-order valence-corrected chi connectivity index (χ4v) is 2.54. The quantitative estimate of drug-likeness (QED) is 0.660. The summed E-state index contributed by atoms with van der Waals surface area (Å²) in [5, 5.41) is 0.420. The summed E-state index contributed by atoms with van der Waals surface area (Å²) in [6, 6.07) is 4.56. The predicted molar refractivity (Wildman–Crippen MR) is 85.1 cm³/mol. The number of nitrogens with zero attached hydrogens (tertiary/aromatic N) is 2. The number of hydrogen-bond acceptors (Lipinski definition) is 2. The maximum Gasteiger partial charge on any atom is 0.418 e. The highest BCUT2D eigenvalue weighted by Crippen LogP contribution is 2.37. The molecule has 6 heteroatoms. The summed E-state index contributed by atoms with van der Waals surface area (Å²) in [6.07, 6.45) is -3.50. The summed E-state index contributed by atoms with van der Waals surface area (Å²) < 4.78 is 39.8. The van der Waals surface area contributed by atoms with E-state index in [0.29, 0.717) is 24.0 Å². The minimum atomic E-state index is -4.33. The molecule has 0 unspecified atom stereocenters. The lowest BCUT2D eigenvalue weighted by Gasteiger charge is -2.27. The Labute approximate surface area is 133 Å². The normalized spacial score (nSPS) is 12.0. The molecular weight excluding hydrogens is 345 g/mol. The molecule has 0 spiro atoms. The summed E-state index contributed by atoms with van der Waals surface area (Å²) in [5.41, 5.74) is 0.357. The standard InChI is InChI=1S/C15H22BrF3N2/c1-4-21(9-5-8-20(2)3)14-7-6-12(11-16)10-13(14)15(17,18)19/h6-7,10H,4-5,8-9,11H2,1-3H3. The van der Waals surface area contributed by atoms with Gasteiger partial charge in [-0.05, 0) is 51.7 Å². The molecule has 1 aromatic carbocycles. The van der Waals surface area contributed by atoms with Gasteiger partial charge in [0.1, 0.15) is 0 Å². The highest BCUT2D eigenvalue weighted by atomic mass is 79.9. The van der Waals surface area contributed by atoms with Crippen LogP contribution in [0, 0.1) is 0 Å². The molecule has 0 aliphatic carbocycles. The molecule has 0 N–H and O–H groups in total. The first-order valence-electron chi connectivity index (χ1n) is 6.95. The predicted octanol–water partition coefficient (Wildman–Crippen LogP) is 4.38. The summed E-state index contributed by atoms with van der Waals surface area (Å²) >= 11 is 3.21. The van der Waals surface area contributed by atoms with Crippen molar-refractivity contribution in [3.63, 3.8) is 0 Å². The van der Waals surface area contributed by atoms with Crippen molar-refractivity contribution in [3.8, 4) is 0 Å².